The van der Waals surface area contributed by atoms with Crippen LogP contribution in [0.2, 0.25) is 0 Å². The van der Waals surface area contributed by atoms with Crippen LogP contribution >= 0.6 is 0 Å². The van der Waals surface area contributed by atoms with Crippen molar-refractivity contribution in [2.75, 3.05) is 18.0 Å². The molecule has 0 bridgehead atoms. The van der Waals surface area contributed by atoms with E-state index >= 15 is 0 Å². The van der Waals surface area contributed by atoms with Crippen LogP contribution in [-0.2, 0) is 17.7 Å². The van der Waals surface area contributed by atoms with Crippen LogP contribution in [0.3, 0.4) is 0 Å². The molecule has 5 heterocycles. The maximum atomic E-state index is 12.4. The molecule has 8 nitrogen and oxygen atoms in total. The number of carbonyl (C=O) groups is 1. The van der Waals surface area contributed by atoms with E-state index in [4.69, 9.17) is 9.72 Å². The lowest BCUT2D eigenvalue weighted by Gasteiger charge is -2.37. The summed E-state index contributed by atoms with van der Waals surface area (Å²) >= 11 is 0. The van der Waals surface area contributed by atoms with Gasteiger partial charge in [-0.1, -0.05) is 6.08 Å². The summed E-state index contributed by atoms with van der Waals surface area (Å²) in [5, 5.41) is 1.12. The molecule has 0 spiro atoms. The maximum Gasteiger partial charge on any atom is 0.410 e. The van der Waals surface area contributed by atoms with E-state index in [0.29, 0.717) is 19.1 Å². The van der Waals surface area contributed by atoms with Crippen LogP contribution in [0, 0.1) is 0 Å². The quantitative estimate of drug-likeness (QED) is 0.631. The Morgan fingerprint density at radius 1 is 1.21 bits per heavy atom. The molecule has 2 aliphatic heterocycles. The smallest absolute Gasteiger partial charge is 0.410 e. The lowest BCUT2D eigenvalue weighted by Crippen LogP contribution is -2.40. The van der Waals surface area contributed by atoms with Crippen molar-refractivity contribution < 1.29 is 9.53 Å². The van der Waals surface area contributed by atoms with Gasteiger partial charge in [0.05, 0.1) is 11.4 Å². The van der Waals surface area contributed by atoms with Crippen molar-refractivity contribution in [2.24, 2.45) is 0 Å². The van der Waals surface area contributed by atoms with Crippen molar-refractivity contribution in [3.05, 3.63) is 53.9 Å². The molecule has 0 saturated carbocycles. The van der Waals surface area contributed by atoms with E-state index in [1.807, 2.05) is 33.2 Å². The summed E-state index contributed by atoms with van der Waals surface area (Å²) in [6, 6.07) is 4.47. The number of hydrogen-bond donors (Lipinski definition) is 1. The van der Waals surface area contributed by atoms with E-state index < -0.39 is 5.60 Å². The SMILES string of the molecule is CC1Cc2ncnc(C3=CCN(C(=O)OC(C)(C)C)CC3)c2CN1c1ccnc2[nH]ccc12. The van der Waals surface area contributed by atoms with E-state index in [0.717, 1.165) is 41.8 Å². The Morgan fingerprint density at radius 3 is 2.82 bits per heavy atom. The summed E-state index contributed by atoms with van der Waals surface area (Å²) < 4.78 is 5.53. The standard InChI is InChI=1S/C25H30N6O2/c1-16-13-20-19(14-31(16)21-6-10-27-23-18(21)5-9-26-23)22(29-15-28-20)17-7-11-30(12-8-17)24(32)33-25(2,3)4/h5-7,9-10,15-16H,8,11-14H2,1-4H3,(H,26,27). The van der Waals surface area contributed by atoms with E-state index in [-0.39, 0.29) is 6.09 Å². The molecule has 0 aliphatic carbocycles. The lowest BCUT2D eigenvalue weighted by atomic mass is 9.93. The second kappa shape index (κ2) is 8.17. The van der Waals surface area contributed by atoms with Crippen LogP contribution in [0.5, 0.6) is 0 Å². The third-order valence-electron chi connectivity index (χ3n) is 6.30. The van der Waals surface area contributed by atoms with Crippen LogP contribution in [-0.4, -0.2) is 55.7 Å². The number of rotatable bonds is 2. The lowest BCUT2D eigenvalue weighted by molar-refractivity contribution is 0.0270. The number of aromatic amines is 1. The van der Waals surface area contributed by atoms with Gasteiger partial charge in [0.2, 0.25) is 0 Å². The van der Waals surface area contributed by atoms with Gasteiger partial charge in [0, 0.05) is 61.1 Å². The highest BCUT2D eigenvalue weighted by molar-refractivity contribution is 5.90. The molecule has 33 heavy (non-hydrogen) atoms. The first-order valence-corrected chi connectivity index (χ1v) is 11.5. The molecule has 3 aromatic heterocycles. The van der Waals surface area contributed by atoms with Crippen LogP contribution in [0.4, 0.5) is 10.5 Å². The van der Waals surface area contributed by atoms with Gasteiger partial charge in [-0.2, -0.15) is 0 Å². The number of hydrogen-bond acceptors (Lipinski definition) is 6. The second-order valence-electron chi connectivity index (χ2n) is 9.80. The van der Waals surface area contributed by atoms with E-state index in [2.05, 4.69) is 45.0 Å². The fourth-order valence-electron chi connectivity index (χ4n) is 4.68. The fraction of sp³-hybridized carbons (Fsp3) is 0.440. The molecular formula is C25H30N6O2. The molecule has 0 radical (unpaired) electrons. The number of nitrogens with zero attached hydrogens (tertiary/aromatic N) is 5. The summed E-state index contributed by atoms with van der Waals surface area (Å²) in [6.07, 6.45) is 8.90. The zero-order valence-electron chi connectivity index (χ0n) is 19.6. The van der Waals surface area contributed by atoms with Gasteiger partial charge in [-0.3, -0.25) is 0 Å². The molecule has 1 atom stereocenters. The van der Waals surface area contributed by atoms with E-state index in [1.165, 1.54) is 16.8 Å². The number of aromatic nitrogens is 4. The van der Waals surface area contributed by atoms with Crippen molar-refractivity contribution in [1.29, 1.82) is 0 Å². The third-order valence-corrected chi connectivity index (χ3v) is 6.30. The molecule has 3 aromatic rings. The predicted molar refractivity (Wildman–Crippen MR) is 128 cm³/mol. The van der Waals surface area contributed by atoms with Gasteiger partial charge in [0.1, 0.15) is 17.6 Å². The van der Waals surface area contributed by atoms with E-state index in [1.54, 1.807) is 11.2 Å². The number of carbonyl (C=O) groups excluding carboxylic acids is 1. The number of pyridine rings is 1. The van der Waals surface area contributed by atoms with Crippen molar-refractivity contribution in [1.82, 2.24) is 24.8 Å². The number of H-pyrrole nitrogens is 1. The Kier molecular flexibility index (Phi) is 5.31. The third kappa shape index (κ3) is 4.17. The van der Waals surface area contributed by atoms with Crippen molar-refractivity contribution >= 4 is 28.4 Å². The minimum Gasteiger partial charge on any atom is -0.444 e. The molecule has 1 amide bonds. The molecule has 5 rings (SSSR count). The van der Waals surface area contributed by atoms with Gasteiger partial charge in [0.15, 0.2) is 0 Å². The van der Waals surface area contributed by atoms with Gasteiger partial charge in [-0.05, 0) is 51.8 Å². The van der Waals surface area contributed by atoms with Crippen LogP contribution < -0.4 is 4.90 Å². The summed E-state index contributed by atoms with van der Waals surface area (Å²) in [5.74, 6) is 0. The molecule has 8 heteroatoms. The van der Waals surface area contributed by atoms with Crippen molar-refractivity contribution in [3.63, 3.8) is 0 Å². The average molecular weight is 447 g/mol. The Morgan fingerprint density at radius 2 is 2.06 bits per heavy atom. The highest BCUT2D eigenvalue weighted by atomic mass is 16.6. The zero-order valence-corrected chi connectivity index (χ0v) is 19.6. The highest BCUT2D eigenvalue weighted by Gasteiger charge is 2.30. The first kappa shape index (κ1) is 21.4. The number of amides is 1. The fourth-order valence-corrected chi connectivity index (χ4v) is 4.68. The second-order valence-corrected chi connectivity index (χ2v) is 9.80. The Hall–Kier alpha value is -3.42. The normalized spacial score (nSPS) is 18.8. The molecule has 0 aromatic carbocycles. The van der Waals surface area contributed by atoms with Crippen LogP contribution in [0.1, 0.15) is 51.1 Å². The van der Waals surface area contributed by atoms with Gasteiger partial charge in [-0.15, -0.1) is 0 Å². The van der Waals surface area contributed by atoms with Crippen molar-refractivity contribution in [2.45, 2.75) is 58.7 Å². The maximum absolute atomic E-state index is 12.4. The Balaban J connectivity index is 1.42. The first-order valence-electron chi connectivity index (χ1n) is 11.5. The largest absolute Gasteiger partial charge is 0.444 e. The minimum absolute atomic E-state index is 0.268. The van der Waals surface area contributed by atoms with Gasteiger partial charge < -0.3 is 19.5 Å². The molecule has 2 aliphatic rings. The number of anilines is 1. The summed E-state index contributed by atoms with van der Waals surface area (Å²) in [4.78, 5) is 33.6. The highest BCUT2D eigenvalue weighted by Crippen LogP contribution is 2.35. The van der Waals surface area contributed by atoms with Gasteiger partial charge in [0.25, 0.3) is 0 Å². The number of ether oxygens (including phenoxy) is 1. The Labute approximate surface area is 193 Å². The molecule has 1 unspecified atom stereocenters. The summed E-state index contributed by atoms with van der Waals surface area (Å²) in [5.41, 5.74) is 6.02. The molecular weight excluding hydrogens is 416 g/mol. The predicted octanol–water partition coefficient (Wildman–Crippen LogP) is 4.33. The zero-order chi connectivity index (χ0) is 23.2. The molecule has 0 fully saturated rings. The topological polar surface area (TPSA) is 87.2 Å². The molecule has 1 N–H and O–H groups in total. The summed E-state index contributed by atoms with van der Waals surface area (Å²) in [7, 11) is 0. The number of nitrogens with one attached hydrogen (secondary N) is 1. The van der Waals surface area contributed by atoms with Crippen LogP contribution in [0.15, 0.2) is 36.9 Å². The first-order chi connectivity index (χ1) is 15.8. The summed E-state index contributed by atoms with van der Waals surface area (Å²) in [6.45, 7) is 9.79. The van der Waals surface area contributed by atoms with Crippen molar-refractivity contribution in [3.8, 4) is 0 Å². The molecule has 0 saturated heterocycles. The monoisotopic (exact) mass is 446 g/mol. The number of fused-ring (bicyclic) bond motifs is 2. The van der Waals surface area contributed by atoms with Gasteiger partial charge >= 0.3 is 6.09 Å². The average Bonchev–Trinajstić information content (AvgIpc) is 3.26. The minimum atomic E-state index is -0.495. The Bertz CT molecular complexity index is 1230. The van der Waals surface area contributed by atoms with E-state index in [9.17, 15) is 4.79 Å². The molecule has 172 valence electrons. The van der Waals surface area contributed by atoms with Gasteiger partial charge in [-0.25, -0.2) is 19.7 Å². The van der Waals surface area contributed by atoms with Crippen LogP contribution in [0.25, 0.3) is 16.6 Å².